The SMILES string of the molecule is c1ccc(C2=C(c3ccccc3)CSSC2)cc1. The zero-order valence-corrected chi connectivity index (χ0v) is 11.6. The lowest BCUT2D eigenvalue weighted by atomic mass is 9.97. The van der Waals surface area contributed by atoms with Crippen LogP contribution in [-0.4, -0.2) is 11.5 Å². The second-order valence-electron chi connectivity index (χ2n) is 4.21. The highest BCUT2D eigenvalue weighted by molar-refractivity contribution is 8.77. The maximum absolute atomic E-state index is 2.22. The fourth-order valence-electron chi connectivity index (χ4n) is 2.17. The monoisotopic (exact) mass is 270 g/mol. The lowest BCUT2D eigenvalue weighted by molar-refractivity contribution is 1.52. The summed E-state index contributed by atoms with van der Waals surface area (Å²) in [6.07, 6.45) is 0. The minimum absolute atomic E-state index is 1.10. The van der Waals surface area contributed by atoms with Gasteiger partial charge in [0.1, 0.15) is 0 Å². The predicted octanol–water partition coefficient (Wildman–Crippen LogP) is 4.99. The molecule has 1 aliphatic heterocycles. The highest BCUT2D eigenvalue weighted by atomic mass is 33.1. The molecule has 2 aromatic carbocycles. The molecule has 0 amide bonds. The van der Waals surface area contributed by atoms with Crippen LogP contribution in [0.5, 0.6) is 0 Å². The van der Waals surface area contributed by atoms with Gasteiger partial charge in [-0.1, -0.05) is 82.3 Å². The van der Waals surface area contributed by atoms with Crippen LogP contribution in [0.3, 0.4) is 0 Å². The third kappa shape index (κ3) is 2.50. The Balaban J connectivity index is 2.10. The van der Waals surface area contributed by atoms with Crippen molar-refractivity contribution >= 4 is 32.7 Å². The van der Waals surface area contributed by atoms with Crippen molar-refractivity contribution in [2.24, 2.45) is 0 Å². The smallest absolute Gasteiger partial charge is 0.0298 e. The summed E-state index contributed by atoms with van der Waals surface area (Å²) in [4.78, 5) is 0. The maximum atomic E-state index is 2.22. The molecule has 0 radical (unpaired) electrons. The van der Waals surface area contributed by atoms with E-state index in [0.29, 0.717) is 0 Å². The van der Waals surface area contributed by atoms with Gasteiger partial charge in [0.05, 0.1) is 0 Å². The highest BCUT2D eigenvalue weighted by Gasteiger charge is 2.16. The van der Waals surface area contributed by atoms with Crippen molar-refractivity contribution in [1.82, 2.24) is 0 Å². The molecular formula is C16H14S2. The third-order valence-electron chi connectivity index (χ3n) is 3.10. The van der Waals surface area contributed by atoms with Gasteiger partial charge < -0.3 is 0 Å². The summed E-state index contributed by atoms with van der Waals surface area (Å²) in [7, 11) is 3.91. The third-order valence-corrected chi connectivity index (χ3v) is 5.29. The molecule has 0 nitrogen and oxygen atoms in total. The van der Waals surface area contributed by atoms with Crippen molar-refractivity contribution in [2.45, 2.75) is 0 Å². The normalized spacial score (nSPS) is 15.8. The quantitative estimate of drug-likeness (QED) is 0.705. The van der Waals surface area contributed by atoms with E-state index in [0.717, 1.165) is 11.5 Å². The Hall–Kier alpha value is -1.12. The van der Waals surface area contributed by atoms with E-state index in [1.165, 1.54) is 22.3 Å². The van der Waals surface area contributed by atoms with Crippen molar-refractivity contribution < 1.29 is 0 Å². The summed E-state index contributed by atoms with van der Waals surface area (Å²) < 4.78 is 0. The molecule has 1 heterocycles. The molecule has 0 N–H and O–H groups in total. The summed E-state index contributed by atoms with van der Waals surface area (Å²) in [6, 6.07) is 21.5. The Morgan fingerprint density at radius 2 is 0.944 bits per heavy atom. The lowest BCUT2D eigenvalue weighted by Gasteiger charge is -2.20. The first kappa shape index (κ1) is 11.9. The van der Waals surface area contributed by atoms with Crippen molar-refractivity contribution in [1.29, 1.82) is 0 Å². The predicted molar refractivity (Wildman–Crippen MR) is 84.6 cm³/mol. The van der Waals surface area contributed by atoms with Crippen molar-refractivity contribution in [2.75, 3.05) is 11.5 Å². The van der Waals surface area contributed by atoms with Crippen LogP contribution in [0.15, 0.2) is 60.7 Å². The van der Waals surface area contributed by atoms with Crippen LogP contribution < -0.4 is 0 Å². The maximum Gasteiger partial charge on any atom is 0.0298 e. The summed E-state index contributed by atoms with van der Waals surface area (Å²) in [6.45, 7) is 0. The molecular weight excluding hydrogens is 256 g/mol. The first-order chi connectivity index (χ1) is 8.95. The average Bonchev–Trinajstić information content (AvgIpc) is 2.49. The zero-order valence-electron chi connectivity index (χ0n) is 10.0. The summed E-state index contributed by atoms with van der Waals surface area (Å²) in [5, 5.41) is 0. The van der Waals surface area contributed by atoms with E-state index in [1.807, 2.05) is 21.6 Å². The number of hydrogen-bond acceptors (Lipinski definition) is 2. The van der Waals surface area contributed by atoms with Gasteiger partial charge in [0, 0.05) is 11.5 Å². The molecule has 2 heteroatoms. The van der Waals surface area contributed by atoms with Gasteiger partial charge in [-0.15, -0.1) is 0 Å². The molecule has 3 rings (SSSR count). The summed E-state index contributed by atoms with van der Waals surface area (Å²) in [5.41, 5.74) is 5.71. The molecule has 0 bridgehead atoms. The van der Waals surface area contributed by atoms with Gasteiger partial charge in [-0.2, -0.15) is 0 Å². The molecule has 0 aliphatic carbocycles. The topological polar surface area (TPSA) is 0 Å². The molecule has 0 spiro atoms. The van der Waals surface area contributed by atoms with E-state index in [1.54, 1.807) is 0 Å². The Morgan fingerprint density at radius 3 is 1.33 bits per heavy atom. The van der Waals surface area contributed by atoms with E-state index < -0.39 is 0 Å². The largest absolute Gasteiger partial charge is 0.0890 e. The molecule has 0 fully saturated rings. The number of benzene rings is 2. The molecule has 2 aromatic rings. The second-order valence-corrected chi connectivity index (χ2v) is 6.68. The summed E-state index contributed by atoms with van der Waals surface area (Å²) in [5.74, 6) is 2.19. The minimum Gasteiger partial charge on any atom is -0.0890 e. The molecule has 0 saturated carbocycles. The molecule has 0 unspecified atom stereocenters. The first-order valence-electron chi connectivity index (χ1n) is 6.02. The van der Waals surface area contributed by atoms with Gasteiger partial charge in [0.25, 0.3) is 0 Å². The van der Waals surface area contributed by atoms with Crippen LogP contribution >= 0.6 is 21.6 Å². The van der Waals surface area contributed by atoms with Gasteiger partial charge in [-0.3, -0.25) is 0 Å². The fraction of sp³-hybridized carbons (Fsp3) is 0.125. The van der Waals surface area contributed by atoms with Crippen LogP contribution in [-0.2, 0) is 0 Å². The summed E-state index contributed by atoms with van der Waals surface area (Å²) >= 11 is 0. The Labute approximate surface area is 116 Å². The Kier molecular flexibility index (Phi) is 3.77. The van der Waals surface area contributed by atoms with Crippen molar-refractivity contribution in [3.63, 3.8) is 0 Å². The van der Waals surface area contributed by atoms with Gasteiger partial charge in [-0.05, 0) is 22.3 Å². The second kappa shape index (κ2) is 5.68. The molecule has 18 heavy (non-hydrogen) atoms. The van der Waals surface area contributed by atoms with Gasteiger partial charge in [-0.25, -0.2) is 0 Å². The molecule has 0 atom stereocenters. The van der Waals surface area contributed by atoms with Gasteiger partial charge >= 0.3 is 0 Å². The van der Waals surface area contributed by atoms with E-state index in [4.69, 9.17) is 0 Å². The van der Waals surface area contributed by atoms with Crippen molar-refractivity contribution in [3.8, 4) is 0 Å². The zero-order chi connectivity index (χ0) is 12.2. The van der Waals surface area contributed by atoms with Crippen LogP contribution in [0, 0.1) is 0 Å². The standard InChI is InChI=1S/C16H14S2/c1-3-7-13(8-4-1)15-11-17-18-12-16(15)14-9-5-2-6-10-14/h1-10H,11-12H2. The van der Waals surface area contributed by atoms with Crippen LogP contribution in [0.1, 0.15) is 11.1 Å². The van der Waals surface area contributed by atoms with E-state index >= 15 is 0 Å². The lowest BCUT2D eigenvalue weighted by Crippen LogP contribution is -2.00. The molecule has 0 aromatic heterocycles. The van der Waals surface area contributed by atoms with E-state index in [-0.39, 0.29) is 0 Å². The van der Waals surface area contributed by atoms with Gasteiger partial charge in [0.15, 0.2) is 0 Å². The van der Waals surface area contributed by atoms with E-state index in [2.05, 4.69) is 60.7 Å². The number of rotatable bonds is 2. The van der Waals surface area contributed by atoms with Crippen LogP contribution in [0.4, 0.5) is 0 Å². The Bertz CT molecular complexity index is 492. The van der Waals surface area contributed by atoms with Crippen LogP contribution in [0.25, 0.3) is 11.1 Å². The van der Waals surface area contributed by atoms with Crippen molar-refractivity contribution in [3.05, 3.63) is 71.8 Å². The van der Waals surface area contributed by atoms with E-state index in [9.17, 15) is 0 Å². The number of hydrogen-bond donors (Lipinski definition) is 0. The highest BCUT2D eigenvalue weighted by Crippen LogP contribution is 2.41. The molecule has 1 aliphatic rings. The fourth-order valence-corrected chi connectivity index (χ4v) is 4.46. The Morgan fingerprint density at radius 1 is 0.556 bits per heavy atom. The van der Waals surface area contributed by atoms with Gasteiger partial charge in [0.2, 0.25) is 0 Å². The van der Waals surface area contributed by atoms with Crippen LogP contribution in [0.2, 0.25) is 0 Å². The first-order valence-corrected chi connectivity index (χ1v) is 8.51. The minimum atomic E-state index is 1.10. The molecule has 0 saturated heterocycles. The average molecular weight is 270 g/mol. The molecule has 90 valence electrons.